The van der Waals surface area contributed by atoms with E-state index in [0.29, 0.717) is 4.47 Å². The number of Topliss-reactive ketones (excluding diaryl/α,β-unsaturated/α-hetero) is 1. The van der Waals surface area contributed by atoms with Crippen LogP contribution in [0.5, 0.6) is 0 Å². The lowest BCUT2D eigenvalue weighted by Gasteiger charge is -2.08. The van der Waals surface area contributed by atoms with E-state index < -0.39 is 11.9 Å². The predicted octanol–water partition coefficient (Wildman–Crippen LogP) is 2.60. The first-order chi connectivity index (χ1) is 7.47. The van der Waals surface area contributed by atoms with Gasteiger partial charge in [-0.15, -0.1) is 0 Å². The normalized spacial score (nSPS) is 12.0. The van der Waals surface area contributed by atoms with Crippen molar-refractivity contribution in [3.8, 4) is 0 Å². The zero-order chi connectivity index (χ0) is 12.3. The molecule has 0 aliphatic carbocycles. The Morgan fingerprint density at radius 1 is 1.44 bits per heavy atom. The van der Waals surface area contributed by atoms with Crippen molar-refractivity contribution in [1.29, 1.82) is 0 Å². The lowest BCUT2D eigenvalue weighted by molar-refractivity contribution is -0.143. The van der Waals surface area contributed by atoms with Crippen LogP contribution in [0.15, 0.2) is 21.2 Å². The van der Waals surface area contributed by atoms with Crippen molar-refractivity contribution < 1.29 is 14.3 Å². The minimum Gasteiger partial charge on any atom is -0.468 e. The van der Waals surface area contributed by atoms with Gasteiger partial charge in [0.05, 0.1) is 7.11 Å². The number of halogens is 2. The summed E-state index contributed by atoms with van der Waals surface area (Å²) < 4.78 is 5.80. The summed E-state index contributed by atoms with van der Waals surface area (Å²) in [5, 5.41) is 0. The van der Waals surface area contributed by atoms with Crippen molar-refractivity contribution in [2.75, 3.05) is 7.11 Å². The number of hydrogen-bond donors (Lipinski definition) is 0. The molecule has 16 heavy (non-hydrogen) atoms. The standard InChI is InChI=1S/C10H9Br2NO3/c1-5(10(15)16-2)9(14)8-7(12)3-6(11)4-13-8/h3-5H,1-2H3. The Morgan fingerprint density at radius 2 is 2.06 bits per heavy atom. The summed E-state index contributed by atoms with van der Waals surface area (Å²) in [6, 6.07) is 1.70. The molecule has 6 heteroatoms. The molecule has 1 aromatic heterocycles. The van der Waals surface area contributed by atoms with Gasteiger partial charge in [-0.05, 0) is 44.8 Å². The molecule has 0 saturated carbocycles. The van der Waals surface area contributed by atoms with Gasteiger partial charge in [-0.1, -0.05) is 0 Å². The fraction of sp³-hybridized carbons (Fsp3) is 0.300. The molecule has 0 radical (unpaired) electrons. The SMILES string of the molecule is COC(=O)C(C)C(=O)c1ncc(Br)cc1Br. The topological polar surface area (TPSA) is 56.3 Å². The van der Waals surface area contributed by atoms with Crippen LogP contribution in [0.25, 0.3) is 0 Å². The van der Waals surface area contributed by atoms with E-state index in [2.05, 4.69) is 41.6 Å². The van der Waals surface area contributed by atoms with Crippen LogP contribution in [-0.4, -0.2) is 23.8 Å². The fourth-order valence-corrected chi connectivity index (χ4v) is 2.27. The van der Waals surface area contributed by atoms with Crippen LogP contribution >= 0.6 is 31.9 Å². The maximum atomic E-state index is 11.9. The summed E-state index contributed by atoms with van der Waals surface area (Å²) in [6.45, 7) is 1.49. The van der Waals surface area contributed by atoms with Gasteiger partial charge in [0.25, 0.3) is 0 Å². The molecule has 0 aliphatic heterocycles. The first-order valence-corrected chi connectivity index (χ1v) is 5.99. The number of rotatable bonds is 3. The lowest BCUT2D eigenvalue weighted by atomic mass is 10.0. The molecule has 0 saturated heterocycles. The molecule has 0 N–H and O–H groups in total. The summed E-state index contributed by atoms with van der Waals surface area (Å²) >= 11 is 6.45. The second-order valence-electron chi connectivity index (χ2n) is 3.09. The molecule has 0 spiro atoms. The Kier molecular flexibility index (Phi) is 4.61. The van der Waals surface area contributed by atoms with Crippen molar-refractivity contribution in [2.45, 2.75) is 6.92 Å². The van der Waals surface area contributed by atoms with Gasteiger partial charge in [0.1, 0.15) is 11.6 Å². The summed E-state index contributed by atoms with van der Waals surface area (Å²) in [7, 11) is 1.25. The van der Waals surface area contributed by atoms with E-state index in [1.54, 1.807) is 6.07 Å². The van der Waals surface area contributed by atoms with Crippen LogP contribution in [0.1, 0.15) is 17.4 Å². The number of carbonyl (C=O) groups excluding carboxylic acids is 2. The predicted molar refractivity (Wildman–Crippen MR) is 65.1 cm³/mol. The highest BCUT2D eigenvalue weighted by Crippen LogP contribution is 2.22. The molecule has 0 fully saturated rings. The number of hydrogen-bond acceptors (Lipinski definition) is 4. The first kappa shape index (κ1) is 13.3. The molecule has 0 aliphatic rings. The third kappa shape index (κ3) is 2.89. The van der Waals surface area contributed by atoms with Gasteiger partial charge in [-0.3, -0.25) is 14.6 Å². The smallest absolute Gasteiger partial charge is 0.316 e. The Hall–Kier alpha value is -0.750. The van der Waals surface area contributed by atoms with E-state index in [9.17, 15) is 9.59 Å². The number of aromatic nitrogens is 1. The molecule has 0 amide bonds. The van der Waals surface area contributed by atoms with Crippen LogP contribution in [0.4, 0.5) is 0 Å². The van der Waals surface area contributed by atoms with Crippen LogP contribution in [0.2, 0.25) is 0 Å². The fourth-order valence-electron chi connectivity index (χ4n) is 1.08. The lowest BCUT2D eigenvalue weighted by Crippen LogP contribution is -2.23. The quantitative estimate of drug-likeness (QED) is 0.477. The van der Waals surface area contributed by atoms with E-state index in [0.717, 1.165) is 4.47 Å². The molecule has 0 bridgehead atoms. The van der Waals surface area contributed by atoms with Crippen LogP contribution in [-0.2, 0) is 9.53 Å². The molecule has 1 atom stereocenters. The maximum absolute atomic E-state index is 11.9. The third-order valence-electron chi connectivity index (χ3n) is 1.99. The minimum atomic E-state index is -0.852. The van der Waals surface area contributed by atoms with Crippen molar-refractivity contribution in [2.24, 2.45) is 5.92 Å². The largest absolute Gasteiger partial charge is 0.468 e. The second kappa shape index (κ2) is 5.54. The number of carbonyl (C=O) groups is 2. The zero-order valence-electron chi connectivity index (χ0n) is 8.66. The van der Waals surface area contributed by atoms with Crippen molar-refractivity contribution in [1.82, 2.24) is 4.98 Å². The van der Waals surface area contributed by atoms with Crippen molar-refractivity contribution in [3.63, 3.8) is 0 Å². The maximum Gasteiger partial charge on any atom is 0.316 e. The van der Waals surface area contributed by atoms with Crippen LogP contribution in [0.3, 0.4) is 0 Å². The van der Waals surface area contributed by atoms with E-state index in [-0.39, 0.29) is 11.5 Å². The third-order valence-corrected chi connectivity index (χ3v) is 3.03. The van der Waals surface area contributed by atoms with E-state index in [1.807, 2.05) is 0 Å². The average Bonchev–Trinajstić information content (AvgIpc) is 2.26. The van der Waals surface area contributed by atoms with Gasteiger partial charge in [-0.2, -0.15) is 0 Å². The summed E-state index contributed by atoms with van der Waals surface area (Å²) in [4.78, 5) is 27.0. The molecule has 4 nitrogen and oxygen atoms in total. The highest BCUT2D eigenvalue weighted by molar-refractivity contribution is 9.11. The molecule has 0 aromatic carbocycles. The number of ketones is 1. The minimum absolute atomic E-state index is 0.223. The summed E-state index contributed by atoms with van der Waals surface area (Å²) in [6.07, 6.45) is 1.50. The molecule has 1 heterocycles. The zero-order valence-corrected chi connectivity index (χ0v) is 11.8. The number of pyridine rings is 1. The first-order valence-electron chi connectivity index (χ1n) is 4.40. The highest BCUT2D eigenvalue weighted by Gasteiger charge is 2.26. The van der Waals surface area contributed by atoms with Gasteiger partial charge in [0.2, 0.25) is 0 Å². The van der Waals surface area contributed by atoms with Gasteiger partial charge >= 0.3 is 5.97 Å². The van der Waals surface area contributed by atoms with Crippen LogP contribution in [0, 0.1) is 5.92 Å². The Labute approximate surface area is 110 Å². The number of ether oxygens (including phenoxy) is 1. The molecule has 1 rings (SSSR count). The van der Waals surface area contributed by atoms with Crippen LogP contribution < -0.4 is 0 Å². The second-order valence-corrected chi connectivity index (χ2v) is 4.86. The molecule has 1 unspecified atom stereocenters. The molecular formula is C10H9Br2NO3. The average molecular weight is 351 g/mol. The molecule has 86 valence electrons. The monoisotopic (exact) mass is 349 g/mol. The number of methoxy groups -OCH3 is 1. The van der Waals surface area contributed by atoms with Crippen molar-refractivity contribution in [3.05, 3.63) is 26.9 Å². The van der Waals surface area contributed by atoms with Gasteiger partial charge in [-0.25, -0.2) is 0 Å². The Morgan fingerprint density at radius 3 is 2.56 bits per heavy atom. The van der Waals surface area contributed by atoms with Crippen molar-refractivity contribution >= 4 is 43.6 Å². The summed E-state index contributed by atoms with van der Waals surface area (Å²) in [5.41, 5.74) is 0.223. The van der Waals surface area contributed by atoms with E-state index in [1.165, 1.54) is 20.2 Å². The van der Waals surface area contributed by atoms with E-state index in [4.69, 9.17) is 0 Å². The Balaban J connectivity index is 3.01. The Bertz CT molecular complexity index is 434. The molecule has 1 aromatic rings. The van der Waals surface area contributed by atoms with Gasteiger partial charge in [0, 0.05) is 15.1 Å². The molecular weight excluding hydrogens is 342 g/mol. The number of nitrogens with zero attached hydrogens (tertiary/aromatic N) is 1. The number of esters is 1. The highest BCUT2D eigenvalue weighted by atomic mass is 79.9. The van der Waals surface area contributed by atoms with Gasteiger partial charge in [0.15, 0.2) is 5.78 Å². The van der Waals surface area contributed by atoms with Gasteiger partial charge < -0.3 is 4.74 Å². The van der Waals surface area contributed by atoms with E-state index >= 15 is 0 Å². The summed E-state index contributed by atoms with van der Waals surface area (Å²) in [5.74, 6) is -1.79.